The Labute approximate surface area is 118 Å². The van der Waals surface area contributed by atoms with Crippen LogP contribution in [0, 0.1) is 11.3 Å². The molecule has 4 heteroatoms. The molecule has 4 nitrogen and oxygen atoms in total. The van der Waals surface area contributed by atoms with Crippen molar-refractivity contribution in [1.29, 1.82) is 5.26 Å². The number of fused-ring (bicyclic) bond motifs is 1. The van der Waals surface area contributed by atoms with Gasteiger partial charge in [0.2, 0.25) is 0 Å². The monoisotopic (exact) mass is 264 g/mol. The van der Waals surface area contributed by atoms with E-state index < -0.39 is 0 Å². The molecule has 100 valence electrons. The van der Waals surface area contributed by atoms with E-state index in [-0.39, 0.29) is 0 Å². The van der Waals surface area contributed by atoms with Crippen LogP contribution in [0.25, 0.3) is 0 Å². The molecule has 0 spiro atoms. The van der Waals surface area contributed by atoms with Crippen LogP contribution in [0.1, 0.15) is 23.5 Å². The third-order valence-electron chi connectivity index (χ3n) is 3.75. The van der Waals surface area contributed by atoms with Crippen molar-refractivity contribution >= 4 is 11.5 Å². The zero-order chi connectivity index (χ0) is 13.9. The molecule has 1 aromatic heterocycles. The third kappa shape index (κ3) is 2.02. The lowest BCUT2D eigenvalue weighted by atomic mass is 9.98. The van der Waals surface area contributed by atoms with Gasteiger partial charge in [-0.3, -0.25) is 0 Å². The van der Waals surface area contributed by atoms with Crippen LogP contribution in [-0.4, -0.2) is 18.1 Å². The maximum absolute atomic E-state index is 9.26. The molecule has 1 aliphatic rings. The van der Waals surface area contributed by atoms with Crippen LogP contribution in [-0.2, 0) is 0 Å². The lowest BCUT2D eigenvalue weighted by molar-refractivity contribution is 0.667. The Balaban J connectivity index is 2.06. The first-order valence-corrected chi connectivity index (χ1v) is 6.76. The fourth-order valence-corrected chi connectivity index (χ4v) is 2.84. The lowest BCUT2D eigenvalue weighted by Gasteiger charge is -2.19. The minimum atomic E-state index is 0.407. The second-order valence-electron chi connectivity index (χ2n) is 4.93. The number of para-hydroxylation sites is 1. The first kappa shape index (κ1) is 12.6. The molecule has 2 heterocycles. The molecule has 1 aliphatic heterocycles. The summed E-state index contributed by atoms with van der Waals surface area (Å²) in [6, 6.07) is 14.1. The summed E-state index contributed by atoms with van der Waals surface area (Å²) in [6.07, 6.45) is 2.68. The van der Waals surface area contributed by atoms with Gasteiger partial charge in [-0.2, -0.15) is 5.26 Å². The first-order chi connectivity index (χ1) is 9.85. The SMILES string of the molecule is N#Cc1cccnc1N1CC(CCN)c2ccccc21. The van der Waals surface area contributed by atoms with Crippen LogP contribution in [0.5, 0.6) is 0 Å². The van der Waals surface area contributed by atoms with Crippen molar-refractivity contribution in [3.63, 3.8) is 0 Å². The predicted octanol–water partition coefficient (Wildman–Crippen LogP) is 2.54. The average Bonchev–Trinajstić information content (AvgIpc) is 2.87. The summed E-state index contributed by atoms with van der Waals surface area (Å²) < 4.78 is 0. The van der Waals surface area contributed by atoms with Crippen molar-refractivity contribution in [2.75, 3.05) is 18.0 Å². The molecule has 1 unspecified atom stereocenters. The van der Waals surface area contributed by atoms with Crippen LogP contribution >= 0.6 is 0 Å². The minimum Gasteiger partial charge on any atom is -0.330 e. The van der Waals surface area contributed by atoms with E-state index >= 15 is 0 Å². The minimum absolute atomic E-state index is 0.407. The van der Waals surface area contributed by atoms with E-state index in [2.05, 4.69) is 34.2 Å². The van der Waals surface area contributed by atoms with E-state index in [0.29, 0.717) is 18.0 Å². The molecule has 20 heavy (non-hydrogen) atoms. The van der Waals surface area contributed by atoms with Crippen molar-refractivity contribution < 1.29 is 0 Å². The molecule has 2 aromatic rings. The zero-order valence-corrected chi connectivity index (χ0v) is 11.2. The van der Waals surface area contributed by atoms with E-state index in [4.69, 9.17) is 5.73 Å². The summed E-state index contributed by atoms with van der Waals surface area (Å²) in [4.78, 5) is 6.53. The fourth-order valence-electron chi connectivity index (χ4n) is 2.84. The highest BCUT2D eigenvalue weighted by Gasteiger charge is 2.30. The molecule has 0 amide bonds. The highest BCUT2D eigenvalue weighted by atomic mass is 15.2. The average molecular weight is 264 g/mol. The van der Waals surface area contributed by atoms with Gasteiger partial charge in [0.25, 0.3) is 0 Å². The summed E-state index contributed by atoms with van der Waals surface area (Å²) in [5.74, 6) is 1.15. The number of anilines is 2. The predicted molar refractivity (Wildman–Crippen MR) is 78.8 cm³/mol. The van der Waals surface area contributed by atoms with Gasteiger partial charge in [-0.15, -0.1) is 0 Å². The molecule has 3 rings (SSSR count). The molecule has 0 saturated heterocycles. The van der Waals surface area contributed by atoms with Gasteiger partial charge in [0, 0.05) is 24.3 Å². The molecule has 0 fully saturated rings. The number of nitrogens with zero attached hydrogens (tertiary/aromatic N) is 3. The Kier molecular flexibility index (Phi) is 3.36. The van der Waals surface area contributed by atoms with Gasteiger partial charge in [-0.25, -0.2) is 4.98 Å². The second kappa shape index (κ2) is 5.32. The molecule has 1 atom stereocenters. The molecule has 0 bridgehead atoms. The number of benzene rings is 1. The topological polar surface area (TPSA) is 65.9 Å². The Morgan fingerprint density at radius 1 is 1.30 bits per heavy atom. The van der Waals surface area contributed by atoms with E-state index in [0.717, 1.165) is 24.5 Å². The van der Waals surface area contributed by atoms with Crippen molar-refractivity contribution in [3.05, 3.63) is 53.7 Å². The van der Waals surface area contributed by atoms with Gasteiger partial charge in [0.05, 0.1) is 5.56 Å². The van der Waals surface area contributed by atoms with Gasteiger partial charge in [-0.1, -0.05) is 18.2 Å². The Morgan fingerprint density at radius 3 is 2.95 bits per heavy atom. The van der Waals surface area contributed by atoms with Gasteiger partial charge >= 0.3 is 0 Å². The summed E-state index contributed by atoms with van der Waals surface area (Å²) in [7, 11) is 0. The number of hydrogen-bond donors (Lipinski definition) is 1. The highest BCUT2D eigenvalue weighted by Crippen LogP contribution is 2.41. The first-order valence-electron chi connectivity index (χ1n) is 6.76. The number of nitrogens with two attached hydrogens (primary N) is 1. The van der Waals surface area contributed by atoms with Gasteiger partial charge < -0.3 is 10.6 Å². The summed E-state index contributed by atoms with van der Waals surface area (Å²) >= 11 is 0. The normalized spacial score (nSPS) is 16.8. The van der Waals surface area contributed by atoms with Crippen molar-refractivity contribution in [1.82, 2.24) is 4.98 Å². The van der Waals surface area contributed by atoms with E-state index in [1.54, 1.807) is 18.3 Å². The molecule has 2 N–H and O–H groups in total. The van der Waals surface area contributed by atoms with Crippen LogP contribution in [0.4, 0.5) is 11.5 Å². The number of nitriles is 1. The Bertz CT molecular complexity index is 660. The van der Waals surface area contributed by atoms with Crippen molar-refractivity contribution in [3.8, 4) is 6.07 Å². The Hall–Kier alpha value is -2.38. The van der Waals surface area contributed by atoms with Crippen LogP contribution in [0.3, 0.4) is 0 Å². The van der Waals surface area contributed by atoms with Crippen molar-refractivity contribution in [2.24, 2.45) is 5.73 Å². The molecule has 0 aliphatic carbocycles. The quantitative estimate of drug-likeness (QED) is 0.925. The number of pyridine rings is 1. The van der Waals surface area contributed by atoms with Gasteiger partial charge in [-0.05, 0) is 36.7 Å². The number of rotatable bonds is 3. The number of aromatic nitrogens is 1. The van der Waals surface area contributed by atoms with E-state index in [1.807, 2.05) is 6.07 Å². The standard InChI is InChI=1S/C16H16N4/c17-8-7-13-11-20(15-6-2-1-5-14(13)15)16-12(10-18)4-3-9-19-16/h1-6,9,13H,7-8,11,17H2. The molecule has 1 aromatic carbocycles. The largest absolute Gasteiger partial charge is 0.330 e. The maximum atomic E-state index is 9.26. The molecule has 0 saturated carbocycles. The third-order valence-corrected chi connectivity index (χ3v) is 3.75. The number of hydrogen-bond acceptors (Lipinski definition) is 4. The maximum Gasteiger partial charge on any atom is 0.150 e. The van der Waals surface area contributed by atoms with E-state index in [1.165, 1.54) is 5.56 Å². The van der Waals surface area contributed by atoms with Crippen LogP contribution < -0.4 is 10.6 Å². The molecular weight excluding hydrogens is 248 g/mol. The smallest absolute Gasteiger partial charge is 0.150 e. The molecule has 0 radical (unpaired) electrons. The summed E-state index contributed by atoms with van der Waals surface area (Å²) in [5, 5.41) is 9.26. The Morgan fingerprint density at radius 2 is 2.15 bits per heavy atom. The molecular formula is C16H16N4. The second-order valence-corrected chi connectivity index (χ2v) is 4.93. The highest BCUT2D eigenvalue weighted by molar-refractivity contribution is 5.72. The van der Waals surface area contributed by atoms with Gasteiger partial charge in [0.1, 0.15) is 6.07 Å². The fraction of sp³-hybridized carbons (Fsp3) is 0.250. The summed E-state index contributed by atoms with van der Waals surface area (Å²) in [6.45, 7) is 1.50. The van der Waals surface area contributed by atoms with Crippen LogP contribution in [0.15, 0.2) is 42.6 Å². The zero-order valence-electron chi connectivity index (χ0n) is 11.2. The van der Waals surface area contributed by atoms with Crippen molar-refractivity contribution in [2.45, 2.75) is 12.3 Å². The lowest BCUT2D eigenvalue weighted by Crippen LogP contribution is -2.19. The van der Waals surface area contributed by atoms with E-state index in [9.17, 15) is 5.26 Å². The van der Waals surface area contributed by atoms with Crippen LogP contribution in [0.2, 0.25) is 0 Å². The summed E-state index contributed by atoms with van der Waals surface area (Å²) in [5.41, 5.74) is 8.76. The van der Waals surface area contributed by atoms with Gasteiger partial charge in [0.15, 0.2) is 5.82 Å².